The van der Waals surface area contributed by atoms with Crippen LogP contribution in [0.2, 0.25) is 0 Å². The molecule has 4 aromatic rings. The van der Waals surface area contributed by atoms with E-state index in [9.17, 15) is 38.9 Å². The third-order valence-corrected chi connectivity index (χ3v) is 8.02. The van der Waals surface area contributed by atoms with E-state index in [2.05, 4.69) is 30.7 Å². The number of benzene rings is 4. The molecule has 0 bridgehead atoms. The molecule has 0 unspecified atom stereocenters. The van der Waals surface area contributed by atoms with Gasteiger partial charge in [0.05, 0.1) is 43.1 Å². The third kappa shape index (κ3) is 12.1. The number of azo groups is 3. The molecule has 17 nitrogen and oxygen atoms in total. The quantitative estimate of drug-likeness (QED) is 0.0721. The minimum atomic E-state index is -5.08. The molecule has 228 valence electrons. The molecule has 4 rings (SSSR count). The van der Waals surface area contributed by atoms with Gasteiger partial charge in [-0.15, -0.1) is 15.3 Å². The van der Waals surface area contributed by atoms with E-state index >= 15 is 0 Å². The van der Waals surface area contributed by atoms with Crippen molar-refractivity contribution in [3.05, 3.63) is 78.9 Å². The van der Waals surface area contributed by atoms with Gasteiger partial charge in [0.1, 0.15) is 47.4 Å². The van der Waals surface area contributed by atoms with Gasteiger partial charge in [0.25, 0.3) is 0 Å². The molecule has 0 aliphatic carbocycles. The Morgan fingerprint density at radius 3 is 1.17 bits per heavy atom. The van der Waals surface area contributed by atoms with E-state index in [0.29, 0.717) is 0 Å². The summed E-state index contributed by atoms with van der Waals surface area (Å²) in [6, 6.07) is 15.0. The van der Waals surface area contributed by atoms with Crippen molar-refractivity contribution >= 4 is 75.9 Å². The van der Waals surface area contributed by atoms with Crippen LogP contribution in [-0.4, -0.2) is 38.9 Å². The normalized spacial score (nSPS) is 12.1. The third-order valence-electron chi connectivity index (χ3n) is 5.46. The number of hydrogen-bond donors (Lipinski definition) is 2. The van der Waals surface area contributed by atoms with Crippen LogP contribution in [0.3, 0.4) is 0 Å². The van der Waals surface area contributed by atoms with Crippen molar-refractivity contribution in [2.24, 2.45) is 30.7 Å². The Balaban J connectivity index is 0.00000368. The summed E-state index contributed by atoms with van der Waals surface area (Å²) < 4.78 is 102. The second kappa shape index (κ2) is 17.6. The molecule has 23 heteroatoms. The van der Waals surface area contributed by atoms with Crippen LogP contribution in [-0.2, 0) is 30.4 Å². The van der Waals surface area contributed by atoms with Crippen LogP contribution in [0.4, 0.5) is 45.5 Å². The molecule has 0 saturated carbocycles. The van der Waals surface area contributed by atoms with Gasteiger partial charge in [-0.05, 0) is 78.9 Å². The van der Waals surface area contributed by atoms with Crippen LogP contribution >= 0.6 is 0 Å². The molecule has 4 aromatic carbocycles. The number of nitrogens with zero attached hydrogens (tertiary/aromatic N) is 6. The van der Waals surface area contributed by atoms with E-state index < -0.39 is 45.0 Å². The van der Waals surface area contributed by atoms with Crippen LogP contribution < -0.4 is 100 Å². The van der Waals surface area contributed by atoms with E-state index in [1.54, 1.807) is 0 Å². The first kappa shape index (κ1) is 43.0. The number of nitrogens with two attached hydrogens (primary N) is 2. The van der Waals surface area contributed by atoms with Gasteiger partial charge in [-0.1, -0.05) is 0 Å². The first-order valence-corrected chi connectivity index (χ1v) is 15.9. The standard InChI is InChI=1S/C24H20N8O9S3.3Na/c25-19-13-23(20(26)12-22(19)31-28-15-3-8-18(9-4-15)43(36,37)38)32-30-21-10-5-16(11-24(21)44(39,40)41)29-27-14-1-6-17(7-2-14)42(33,34)35;;;/h1-13H,25-26H2,(H,33,34,35)(H,36,37,38)(H,39,40,41);;;/q;3*+1/p-3. The second-order valence-corrected chi connectivity index (χ2v) is 12.7. The number of hydrogen-bond acceptors (Lipinski definition) is 17. The van der Waals surface area contributed by atoms with Gasteiger partial charge in [-0.3, -0.25) is 0 Å². The molecule has 4 N–H and O–H groups in total. The number of nitrogen functional groups attached to an aromatic ring is 2. The molecule has 47 heavy (non-hydrogen) atoms. The van der Waals surface area contributed by atoms with Crippen molar-refractivity contribution in [1.29, 1.82) is 0 Å². The maximum atomic E-state index is 11.9. The molecule has 0 heterocycles. The average molecular weight is 727 g/mol. The van der Waals surface area contributed by atoms with Crippen LogP contribution in [0.25, 0.3) is 0 Å². The van der Waals surface area contributed by atoms with Crippen molar-refractivity contribution in [3.63, 3.8) is 0 Å². The van der Waals surface area contributed by atoms with Gasteiger partial charge in [-0.2, -0.15) is 15.3 Å². The summed E-state index contributed by atoms with van der Waals surface area (Å²) in [5.41, 5.74) is 12.0. The number of anilines is 2. The van der Waals surface area contributed by atoms with Crippen LogP contribution in [0.1, 0.15) is 0 Å². The summed E-state index contributed by atoms with van der Waals surface area (Å²) in [5.74, 6) is 0. The SMILES string of the molecule is Nc1cc(N=Nc2ccc(N=Nc3ccc(S(=O)(=O)[O-])cc3)cc2S(=O)(=O)[O-])c(N)cc1N=Nc1ccc(S(=O)(=O)[O-])cc1.[Na+].[Na+].[Na+]. The molecule has 0 fully saturated rings. The second-order valence-electron chi connectivity index (χ2n) is 8.57. The monoisotopic (exact) mass is 726 g/mol. The first-order chi connectivity index (χ1) is 20.5. The van der Waals surface area contributed by atoms with Gasteiger partial charge in [-0.25, -0.2) is 25.3 Å². The van der Waals surface area contributed by atoms with Crippen molar-refractivity contribution in [2.45, 2.75) is 14.7 Å². The molecule has 0 spiro atoms. The van der Waals surface area contributed by atoms with E-state index in [0.717, 1.165) is 36.4 Å². The minimum Gasteiger partial charge on any atom is -0.744 e. The maximum Gasteiger partial charge on any atom is 1.00 e. The van der Waals surface area contributed by atoms with Crippen LogP contribution in [0, 0.1) is 0 Å². The Hall–Kier alpha value is -1.99. The molecular weight excluding hydrogens is 709 g/mol. The fourth-order valence-corrected chi connectivity index (χ4v) is 4.89. The maximum absolute atomic E-state index is 11.9. The first-order valence-electron chi connectivity index (χ1n) is 11.7. The average Bonchev–Trinajstić information content (AvgIpc) is 2.95. The predicted octanol–water partition coefficient (Wildman–Crippen LogP) is -4.18. The zero-order valence-electron chi connectivity index (χ0n) is 24.7. The Morgan fingerprint density at radius 2 is 0.766 bits per heavy atom. The Bertz CT molecular complexity index is 2170. The van der Waals surface area contributed by atoms with Crippen LogP contribution in [0.15, 0.2) is 124 Å². The smallest absolute Gasteiger partial charge is 0.744 e. The summed E-state index contributed by atoms with van der Waals surface area (Å²) in [7, 11) is -14.4. The van der Waals surface area contributed by atoms with Crippen molar-refractivity contribution in [1.82, 2.24) is 0 Å². The summed E-state index contributed by atoms with van der Waals surface area (Å²) >= 11 is 0. The van der Waals surface area contributed by atoms with E-state index in [1.807, 2.05) is 0 Å². The van der Waals surface area contributed by atoms with E-state index in [1.165, 1.54) is 42.5 Å². The molecule has 0 atom stereocenters. The molecule has 0 aliphatic rings. The molecule has 0 aliphatic heterocycles. The molecular formula is C24H17N8Na3O9S3. The largest absolute Gasteiger partial charge is 1.00 e. The fourth-order valence-electron chi connectivity index (χ4n) is 3.32. The Kier molecular flexibility index (Phi) is 16.1. The molecule has 0 aromatic heterocycles. The van der Waals surface area contributed by atoms with Gasteiger partial charge in [0.15, 0.2) is 0 Å². The molecule has 0 radical (unpaired) electrons. The summed E-state index contributed by atoms with van der Waals surface area (Å²) in [6.45, 7) is 0. The summed E-state index contributed by atoms with van der Waals surface area (Å²) in [4.78, 5) is -1.69. The minimum absolute atomic E-state index is 0. The predicted molar refractivity (Wildman–Crippen MR) is 151 cm³/mol. The van der Waals surface area contributed by atoms with Gasteiger partial charge in [0.2, 0.25) is 0 Å². The topological polar surface area (TPSA) is 298 Å². The van der Waals surface area contributed by atoms with E-state index in [-0.39, 0.29) is 134 Å². The Labute approximate surface area is 335 Å². The number of rotatable bonds is 9. The molecule has 0 saturated heterocycles. The van der Waals surface area contributed by atoms with Gasteiger partial charge >= 0.3 is 88.7 Å². The van der Waals surface area contributed by atoms with Crippen LogP contribution in [0.5, 0.6) is 0 Å². The molecule has 0 amide bonds. The zero-order valence-corrected chi connectivity index (χ0v) is 33.2. The van der Waals surface area contributed by atoms with Crippen molar-refractivity contribution in [3.8, 4) is 0 Å². The summed E-state index contributed by atoms with van der Waals surface area (Å²) in [6.07, 6.45) is 0. The fraction of sp³-hybridized carbons (Fsp3) is 0. The van der Waals surface area contributed by atoms with Gasteiger partial charge < -0.3 is 25.1 Å². The van der Waals surface area contributed by atoms with E-state index in [4.69, 9.17) is 11.5 Å². The van der Waals surface area contributed by atoms with Gasteiger partial charge in [0, 0.05) is 0 Å². The van der Waals surface area contributed by atoms with Crippen molar-refractivity contribution in [2.75, 3.05) is 11.5 Å². The summed E-state index contributed by atoms with van der Waals surface area (Å²) in [5, 5.41) is 23.2. The van der Waals surface area contributed by atoms with Crippen molar-refractivity contribution < 1.29 is 128 Å². The zero-order chi connectivity index (χ0) is 32.3. The Morgan fingerprint density at radius 1 is 0.426 bits per heavy atom.